The fourth-order valence-corrected chi connectivity index (χ4v) is 3.78. The van der Waals surface area contributed by atoms with Crippen LogP contribution >= 0.6 is 11.6 Å². The van der Waals surface area contributed by atoms with Gasteiger partial charge in [0, 0.05) is 32.7 Å². The summed E-state index contributed by atoms with van der Waals surface area (Å²) >= 11 is 6.30. The molecule has 0 unspecified atom stereocenters. The van der Waals surface area contributed by atoms with Crippen molar-refractivity contribution in [2.24, 2.45) is 0 Å². The zero-order valence-electron chi connectivity index (χ0n) is 17.6. The van der Waals surface area contributed by atoms with Gasteiger partial charge < -0.3 is 19.1 Å². The first-order valence-electron chi connectivity index (χ1n) is 10.2. The summed E-state index contributed by atoms with van der Waals surface area (Å²) < 4.78 is 16.2. The largest absolute Gasteiger partial charge is 0.493 e. The molecule has 1 aliphatic heterocycles. The highest BCUT2D eigenvalue weighted by atomic mass is 35.5. The third kappa shape index (κ3) is 5.88. The highest BCUT2D eigenvalue weighted by Gasteiger charge is 2.20. The normalized spacial score (nSPS) is 14.4. The summed E-state index contributed by atoms with van der Waals surface area (Å²) in [5.74, 6) is 1.24. The van der Waals surface area contributed by atoms with Crippen molar-refractivity contribution < 1.29 is 19.0 Å². The number of benzene rings is 2. The average molecular weight is 433 g/mol. The molecule has 0 radical (unpaired) electrons. The van der Waals surface area contributed by atoms with Crippen LogP contribution < -0.4 is 9.47 Å². The predicted molar refractivity (Wildman–Crippen MR) is 118 cm³/mol. The first-order chi connectivity index (χ1) is 14.6. The van der Waals surface area contributed by atoms with Gasteiger partial charge in [0.05, 0.1) is 38.0 Å². The zero-order valence-corrected chi connectivity index (χ0v) is 18.4. The van der Waals surface area contributed by atoms with Gasteiger partial charge in [0.2, 0.25) is 0 Å². The third-order valence-electron chi connectivity index (χ3n) is 5.22. The first-order valence-corrected chi connectivity index (χ1v) is 10.5. The molecule has 0 bridgehead atoms. The molecule has 162 valence electrons. The molecule has 7 heteroatoms. The Morgan fingerprint density at radius 2 is 1.83 bits per heavy atom. The van der Waals surface area contributed by atoms with Crippen molar-refractivity contribution in [1.29, 1.82) is 0 Å². The molecule has 0 atom stereocenters. The number of nitrogens with zero attached hydrogens (tertiary/aromatic N) is 2. The highest BCUT2D eigenvalue weighted by molar-refractivity contribution is 6.33. The molecule has 6 nitrogen and oxygen atoms in total. The third-order valence-corrected chi connectivity index (χ3v) is 5.55. The topological polar surface area (TPSA) is 51.2 Å². The summed E-state index contributed by atoms with van der Waals surface area (Å²) in [5.41, 5.74) is 1.49. The second-order valence-corrected chi connectivity index (χ2v) is 7.61. The summed E-state index contributed by atoms with van der Waals surface area (Å²) in [7, 11) is 3.22. The van der Waals surface area contributed by atoms with Crippen LogP contribution in [0.3, 0.4) is 0 Å². The second-order valence-electron chi connectivity index (χ2n) is 7.20. The van der Waals surface area contributed by atoms with Crippen molar-refractivity contribution in [3.05, 3.63) is 58.6 Å². The van der Waals surface area contributed by atoms with E-state index >= 15 is 0 Å². The lowest BCUT2D eigenvalue weighted by molar-refractivity contribution is 0.0355. The Kier molecular flexibility index (Phi) is 8.37. The van der Waals surface area contributed by atoms with Gasteiger partial charge in [-0.05, 0) is 36.2 Å². The van der Waals surface area contributed by atoms with E-state index in [9.17, 15) is 4.79 Å². The lowest BCUT2D eigenvalue weighted by Gasteiger charge is -2.28. The van der Waals surface area contributed by atoms with Crippen LogP contribution in [0.2, 0.25) is 5.02 Å². The van der Waals surface area contributed by atoms with Crippen LogP contribution in [0.15, 0.2) is 42.5 Å². The lowest BCUT2D eigenvalue weighted by Crippen LogP contribution is -2.39. The monoisotopic (exact) mass is 432 g/mol. The number of methoxy groups -OCH3 is 2. The number of hydrogen-bond acceptors (Lipinski definition) is 5. The minimum Gasteiger partial charge on any atom is -0.493 e. The predicted octanol–water partition coefficient (Wildman–Crippen LogP) is 3.72. The number of amides is 1. The van der Waals surface area contributed by atoms with E-state index in [0.29, 0.717) is 35.2 Å². The van der Waals surface area contributed by atoms with Crippen molar-refractivity contribution in [3.63, 3.8) is 0 Å². The van der Waals surface area contributed by atoms with Crippen LogP contribution in [0.5, 0.6) is 11.5 Å². The highest BCUT2D eigenvalue weighted by Crippen LogP contribution is 2.28. The van der Waals surface area contributed by atoms with Gasteiger partial charge in [0.25, 0.3) is 5.91 Å². The molecular weight excluding hydrogens is 404 g/mol. The van der Waals surface area contributed by atoms with E-state index in [1.54, 1.807) is 26.4 Å². The molecule has 0 spiro atoms. The van der Waals surface area contributed by atoms with Crippen LogP contribution in [0, 0.1) is 0 Å². The molecule has 3 rings (SSSR count). The van der Waals surface area contributed by atoms with Crippen molar-refractivity contribution in [2.75, 3.05) is 53.6 Å². The number of morpholine rings is 1. The molecule has 1 heterocycles. The Morgan fingerprint density at radius 3 is 2.53 bits per heavy atom. The number of rotatable bonds is 9. The standard InChI is InChI=1S/C23H29ClN2O4/c1-28-21-9-8-18(16-22(21)29-2)17-26(11-5-10-25-12-14-30-15-13-25)23(27)19-6-3-4-7-20(19)24/h3-4,6-9,16H,5,10-15,17H2,1-2H3. The quantitative estimate of drug-likeness (QED) is 0.604. The van der Waals surface area contributed by atoms with Gasteiger partial charge in [-0.1, -0.05) is 29.8 Å². The van der Waals surface area contributed by atoms with Crippen LogP contribution in [0.1, 0.15) is 22.3 Å². The van der Waals surface area contributed by atoms with Crippen LogP contribution in [-0.4, -0.2) is 69.3 Å². The molecule has 1 fully saturated rings. The molecule has 30 heavy (non-hydrogen) atoms. The molecule has 1 aliphatic rings. The van der Waals surface area contributed by atoms with Crippen LogP contribution in [0.25, 0.3) is 0 Å². The number of ether oxygens (including phenoxy) is 3. The molecule has 2 aromatic carbocycles. The summed E-state index contributed by atoms with van der Waals surface area (Å²) in [5, 5.41) is 0.466. The molecule has 1 amide bonds. The SMILES string of the molecule is COc1ccc(CN(CCCN2CCOCC2)C(=O)c2ccccc2Cl)cc1OC. The van der Waals surface area contributed by atoms with Crippen molar-refractivity contribution in [3.8, 4) is 11.5 Å². The number of halogens is 1. The van der Waals surface area contributed by atoms with Gasteiger partial charge in [-0.15, -0.1) is 0 Å². The van der Waals surface area contributed by atoms with E-state index in [4.69, 9.17) is 25.8 Å². The zero-order chi connectivity index (χ0) is 21.3. The maximum atomic E-state index is 13.3. The Hall–Kier alpha value is -2.28. The Bertz CT molecular complexity index is 840. The second kappa shape index (κ2) is 11.2. The minimum absolute atomic E-state index is 0.0719. The van der Waals surface area contributed by atoms with Gasteiger partial charge >= 0.3 is 0 Å². The van der Waals surface area contributed by atoms with E-state index in [1.165, 1.54) is 0 Å². The van der Waals surface area contributed by atoms with Crippen molar-refractivity contribution >= 4 is 17.5 Å². The minimum atomic E-state index is -0.0719. The van der Waals surface area contributed by atoms with Gasteiger partial charge in [-0.3, -0.25) is 9.69 Å². The maximum Gasteiger partial charge on any atom is 0.255 e. The average Bonchev–Trinajstić information content (AvgIpc) is 2.79. The van der Waals surface area contributed by atoms with Crippen LogP contribution in [0.4, 0.5) is 0 Å². The molecule has 0 aliphatic carbocycles. The molecule has 0 aromatic heterocycles. The van der Waals surface area contributed by atoms with Gasteiger partial charge in [-0.25, -0.2) is 0 Å². The Morgan fingerprint density at radius 1 is 1.10 bits per heavy atom. The number of hydrogen-bond donors (Lipinski definition) is 0. The fraction of sp³-hybridized carbons (Fsp3) is 0.435. The molecule has 0 N–H and O–H groups in total. The van der Waals surface area contributed by atoms with Gasteiger partial charge in [0.15, 0.2) is 11.5 Å². The summed E-state index contributed by atoms with van der Waals surface area (Å²) in [6.45, 7) is 5.45. The lowest BCUT2D eigenvalue weighted by atomic mass is 10.1. The molecule has 2 aromatic rings. The van der Waals surface area contributed by atoms with E-state index < -0.39 is 0 Å². The maximum absolute atomic E-state index is 13.3. The number of carbonyl (C=O) groups excluding carboxylic acids is 1. The van der Waals surface area contributed by atoms with Crippen molar-refractivity contribution in [2.45, 2.75) is 13.0 Å². The van der Waals surface area contributed by atoms with E-state index in [-0.39, 0.29) is 5.91 Å². The Labute approximate surface area is 183 Å². The van der Waals surface area contributed by atoms with E-state index in [2.05, 4.69) is 4.90 Å². The van der Waals surface area contributed by atoms with E-state index in [1.807, 2.05) is 35.2 Å². The fourth-order valence-electron chi connectivity index (χ4n) is 3.57. The number of carbonyl (C=O) groups is 1. The molecule has 1 saturated heterocycles. The Balaban J connectivity index is 1.74. The van der Waals surface area contributed by atoms with Gasteiger partial charge in [-0.2, -0.15) is 0 Å². The summed E-state index contributed by atoms with van der Waals surface area (Å²) in [6, 6.07) is 12.9. The summed E-state index contributed by atoms with van der Waals surface area (Å²) in [6.07, 6.45) is 0.878. The molecule has 0 saturated carbocycles. The van der Waals surface area contributed by atoms with Gasteiger partial charge in [0.1, 0.15) is 0 Å². The van der Waals surface area contributed by atoms with Crippen molar-refractivity contribution in [1.82, 2.24) is 9.80 Å². The van der Waals surface area contributed by atoms with E-state index in [0.717, 1.165) is 44.8 Å². The molecular formula is C23H29ClN2O4. The smallest absolute Gasteiger partial charge is 0.255 e. The van der Waals surface area contributed by atoms with Crippen LogP contribution in [-0.2, 0) is 11.3 Å². The first kappa shape index (κ1) is 22.4. The summed E-state index contributed by atoms with van der Waals surface area (Å²) in [4.78, 5) is 17.5.